The standard InChI is InChI=1S/C20H23ClN2O3/c1-15(24)23(13-11-16-3-9-19(26-2)10-4-16)14-12-22-20(25)17-5-7-18(21)8-6-17/h3-10H,11-14H2,1-2H3,(H,22,25). The van der Waals surface area contributed by atoms with E-state index in [2.05, 4.69) is 5.32 Å². The molecule has 0 aliphatic carbocycles. The van der Waals surface area contributed by atoms with E-state index in [-0.39, 0.29) is 11.8 Å². The van der Waals surface area contributed by atoms with Crippen molar-refractivity contribution in [2.24, 2.45) is 0 Å². The van der Waals surface area contributed by atoms with Gasteiger partial charge in [-0.1, -0.05) is 23.7 Å². The number of nitrogens with zero attached hydrogens (tertiary/aromatic N) is 1. The quantitative estimate of drug-likeness (QED) is 0.772. The predicted octanol–water partition coefficient (Wildman–Crippen LogP) is 3.17. The van der Waals surface area contributed by atoms with Crippen LogP contribution in [0.2, 0.25) is 5.02 Å². The molecule has 0 bridgehead atoms. The van der Waals surface area contributed by atoms with Crippen molar-refractivity contribution in [3.05, 3.63) is 64.7 Å². The zero-order valence-corrected chi connectivity index (χ0v) is 15.8. The van der Waals surface area contributed by atoms with Crippen molar-refractivity contribution in [3.8, 4) is 5.75 Å². The van der Waals surface area contributed by atoms with Gasteiger partial charge in [0.15, 0.2) is 0 Å². The van der Waals surface area contributed by atoms with Gasteiger partial charge in [0.25, 0.3) is 5.91 Å². The number of carbonyl (C=O) groups excluding carboxylic acids is 2. The minimum atomic E-state index is -0.180. The summed E-state index contributed by atoms with van der Waals surface area (Å²) < 4.78 is 5.14. The summed E-state index contributed by atoms with van der Waals surface area (Å²) in [6.07, 6.45) is 0.745. The maximum Gasteiger partial charge on any atom is 0.251 e. The number of halogens is 1. The minimum absolute atomic E-state index is 0.0146. The second-order valence-corrected chi connectivity index (χ2v) is 6.30. The Labute approximate surface area is 158 Å². The highest BCUT2D eigenvalue weighted by Crippen LogP contribution is 2.12. The van der Waals surface area contributed by atoms with Crippen LogP contribution < -0.4 is 10.1 Å². The maximum atomic E-state index is 12.1. The first-order valence-corrected chi connectivity index (χ1v) is 8.79. The first-order chi connectivity index (χ1) is 12.5. The summed E-state index contributed by atoms with van der Waals surface area (Å²) in [6.45, 7) is 2.99. The minimum Gasteiger partial charge on any atom is -0.497 e. The highest BCUT2D eigenvalue weighted by molar-refractivity contribution is 6.30. The molecule has 0 atom stereocenters. The average Bonchev–Trinajstić information content (AvgIpc) is 2.65. The highest BCUT2D eigenvalue weighted by atomic mass is 35.5. The summed E-state index contributed by atoms with van der Waals surface area (Å²) in [4.78, 5) is 25.6. The predicted molar refractivity (Wildman–Crippen MR) is 103 cm³/mol. The first kappa shape index (κ1) is 19.8. The number of ether oxygens (including phenoxy) is 1. The van der Waals surface area contributed by atoms with Gasteiger partial charge in [0.2, 0.25) is 5.91 Å². The third kappa shape index (κ3) is 6.08. The van der Waals surface area contributed by atoms with Gasteiger partial charge in [-0.05, 0) is 48.4 Å². The molecule has 2 aromatic rings. The van der Waals surface area contributed by atoms with Gasteiger partial charge in [0.05, 0.1) is 7.11 Å². The molecule has 0 aliphatic heterocycles. The van der Waals surface area contributed by atoms with Gasteiger partial charge in [-0.2, -0.15) is 0 Å². The van der Waals surface area contributed by atoms with Crippen molar-refractivity contribution >= 4 is 23.4 Å². The van der Waals surface area contributed by atoms with Crippen molar-refractivity contribution in [1.29, 1.82) is 0 Å². The third-order valence-corrected chi connectivity index (χ3v) is 4.30. The fraction of sp³-hybridized carbons (Fsp3) is 0.300. The summed E-state index contributed by atoms with van der Waals surface area (Å²) in [6, 6.07) is 14.5. The number of benzene rings is 2. The number of hydrogen-bond acceptors (Lipinski definition) is 3. The lowest BCUT2D eigenvalue weighted by atomic mass is 10.1. The molecule has 0 saturated carbocycles. The van der Waals surface area contributed by atoms with Crippen LogP contribution in [0.3, 0.4) is 0 Å². The van der Waals surface area contributed by atoms with Crippen molar-refractivity contribution in [1.82, 2.24) is 10.2 Å². The zero-order chi connectivity index (χ0) is 18.9. The molecule has 0 radical (unpaired) electrons. The summed E-state index contributed by atoms with van der Waals surface area (Å²) in [5.41, 5.74) is 1.67. The van der Waals surface area contributed by atoms with E-state index in [1.54, 1.807) is 36.3 Å². The third-order valence-electron chi connectivity index (χ3n) is 4.05. The van der Waals surface area contributed by atoms with Crippen LogP contribution in [-0.4, -0.2) is 43.5 Å². The van der Waals surface area contributed by atoms with Crippen LogP contribution in [0.15, 0.2) is 48.5 Å². The van der Waals surface area contributed by atoms with E-state index >= 15 is 0 Å². The van der Waals surface area contributed by atoms with Crippen LogP contribution in [0, 0.1) is 0 Å². The Morgan fingerprint density at radius 3 is 2.27 bits per heavy atom. The lowest BCUT2D eigenvalue weighted by Crippen LogP contribution is -2.38. The van der Waals surface area contributed by atoms with Gasteiger partial charge in [-0.25, -0.2) is 0 Å². The Morgan fingerprint density at radius 1 is 1.04 bits per heavy atom. The van der Waals surface area contributed by atoms with Crippen LogP contribution in [-0.2, 0) is 11.2 Å². The lowest BCUT2D eigenvalue weighted by Gasteiger charge is -2.21. The molecule has 6 heteroatoms. The van der Waals surface area contributed by atoms with Gasteiger partial charge in [-0.3, -0.25) is 9.59 Å². The molecule has 0 spiro atoms. The molecular weight excluding hydrogens is 352 g/mol. The number of methoxy groups -OCH3 is 1. The average molecular weight is 375 g/mol. The summed E-state index contributed by atoms with van der Waals surface area (Å²) in [5.74, 6) is 0.613. The Balaban J connectivity index is 1.80. The first-order valence-electron chi connectivity index (χ1n) is 8.42. The van der Waals surface area contributed by atoms with Crippen LogP contribution >= 0.6 is 11.6 Å². The smallest absolute Gasteiger partial charge is 0.251 e. The van der Waals surface area contributed by atoms with Crippen LogP contribution in [0.4, 0.5) is 0 Å². The number of carbonyl (C=O) groups is 2. The Morgan fingerprint density at radius 2 is 1.69 bits per heavy atom. The SMILES string of the molecule is COc1ccc(CCN(CCNC(=O)c2ccc(Cl)cc2)C(C)=O)cc1. The van der Waals surface area contributed by atoms with E-state index in [1.165, 1.54) is 6.92 Å². The van der Waals surface area contributed by atoms with Crippen molar-refractivity contribution < 1.29 is 14.3 Å². The molecule has 0 aliphatic rings. The topological polar surface area (TPSA) is 58.6 Å². The monoisotopic (exact) mass is 374 g/mol. The van der Waals surface area contributed by atoms with E-state index < -0.39 is 0 Å². The summed E-state index contributed by atoms with van der Waals surface area (Å²) in [7, 11) is 1.63. The van der Waals surface area contributed by atoms with Crippen molar-refractivity contribution in [2.75, 3.05) is 26.7 Å². The highest BCUT2D eigenvalue weighted by Gasteiger charge is 2.10. The van der Waals surface area contributed by atoms with E-state index in [0.717, 1.165) is 17.7 Å². The summed E-state index contributed by atoms with van der Waals surface area (Å²) in [5, 5.41) is 3.41. The van der Waals surface area contributed by atoms with E-state index in [9.17, 15) is 9.59 Å². The van der Waals surface area contributed by atoms with Crippen LogP contribution in [0.25, 0.3) is 0 Å². The molecule has 26 heavy (non-hydrogen) atoms. The van der Waals surface area contributed by atoms with Crippen molar-refractivity contribution in [2.45, 2.75) is 13.3 Å². The molecule has 2 aromatic carbocycles. The Bertz CT molecular complexity index is 730. The lowest BCUT2D eigenvalue weighted by molar-refractivity contribution is -0.128. The fourth-order valence-corrected chi connectivity index (χ4v) is 2.62. The molecule has 0 heterocycles. The second kappa shape index (κ2) is 9.82. The number of rotatable bonds is 8. The second-order valence-electron chi connectivity index (χ2n) is 5.87. The van der Waals surface area contributed by atoms with E-state index in [0.29, 0.717) is 30.2 Å². The molecule has 0 unspecified atom stereocenters. The zero-order valence-electron chi connectivity index (χ0n) is 15.0. The maximum absolute atomic E-state index is 12.1. The Kier molecular flexibility index (Phi) is 7.48. The van der Waals surface area contributed by atoms with Crippen LogP contribution in [0.1, 0.15) is 22.8 Å². The molecule has 0 aromatic heterocycles. The molecule has 2 amide bonds. The molecule has 138 valence electrons. The van der Waals surface area contributed by atoms with Gasteiger partial charge in [0.1, 0.15) is 5.75 Å². The largest absolute Gasteiger partial charge is 0.497 e. The van der Waals surface area contributed by atoms with Crippen molar-refractivity contribution in [3.63, 3.8) is 0 Å². The molecule has 5 nitrogen and oxygen atoms in total. The Hall–Kier alpha value is -2.53. The summed E-state index contributed by atoms with van der Waals surface area (Å²) >= 11 is 5.82. The van der Waals surface area contributed by atoms with Gasteiger partial charge in [-0.15, -0.1) is 0 Å². The van der Waals surface area contributed by atoms with Gasteiger partial charge >= 0.3 is 0 Å². The van der Waals surface area contributed by atoms with Gasteiger partial charge < -0.3 is 15.0 Å². The normalized spacial score (nSPS) is 10.3. The molecule has 0 saturated heterocycles. The number of nitrogens with one attached hydrogen (secondary N) is 1. The number of hydrogen-bond donors (Lipinski definition) is 1. The number of amides is 2. The fourth-order valence-electron chi connectivity index (χ4n) is 2.49. The van der Waals surface area contributed by atoms with Crippen LogP contribution in [0.5, 0.6) is 5.75 Å². The molecular formula is C20H23ClN2O3. The molecule has 1 N–H and O–H groups in total. The molecule has 0 fully saturated rings. The van der Waals surface area contributed by atoms with E-state index in [4.69, 9.17) is 16.3 Å². The molecule has 2 rings (SSSR count). The van der Waals surface area contributed by atoms with Gasteiger partial charge in [0, 0.05) is 37.1 Å². The van der Waals surface area contributed by atoms with E-state index in [1.807, 2.05) is 24.3 Å².